The molecule has 1 N–H and O–H groups in total. The molecule has 20 heavy (non-hydrogen) atoms. The second-order valence-electron chi connectivity index (χ2n) is 4.31. The fourth-order valence-electron chi connectivity index (χ4n) is 1.89. The molecular formula is C14H11ClN2O3. The zero-order valence-corrected chi connectivity index (χ0v) is 11.4. The molecule has 1 aliphatic heterocycles. The highest BCUT2D eigenvalue weighted by Crippen LogP contribution is 2.39. The van der Waals surface area contributed by atoms with Gasteiger partial charge in [-0.05, 0) is 30.7 Å². The molecule has 0 unspecified atom stereocenters. The minimum absolute atomic E-state index is 0.111. The van der Waals surface area contributed by atoms with Crippen molar-refractivity contribution in [1.29, 1.82) is 0 Å². The Kier molecular flexibility index (Phi) is 3.20. The van der Waals surface area contributed by atoms with Crippen LogP contribution in [0.15, 0.2) is 30.5 Å². The van der Waals surface area contributed by atoms with Crippen molar-refractivity contribution in [3.05, 3.63) is 46.6 Å². The molecule has 0 bridgehead atoms. The fourth-order valence-corrected chi connectivity index (χ4v) is 2.16. The van der Waals surface area contributed by atoms with Gasteiger partial charge in [-0.25, -0.2) is 4.98 Å². The highest BCUT2D eigenvalue weighted by molar-refractivity contribution is 6.32. The van der Waals surface area contributed by atoms with Gasteiger partial charge in [0.05, 0.1) is 5.02 Å². The molecule has 0 atom stereocenters. The molecular weight excluding hydrogens is 280 g/mol. The summed E-state index contributed by atoms with van der Waals surface area (Å²) in [5, 5.41) is 3.09. The van der Waals surface area contributed by atoms with E-state index >= 15 is 0 Å². The number of halogens is 1. The van der Waals surface area contributed by atoms with Crippen LogP contribution in [0.2, 0.25) is 5.02 Å². The molecule has 2 heterocycles. The van der Waals surface area contributed by atoms with Gasteiger partial charge in [0.15, 0.2) is 11.5 Å². The smallest absolute Gasteiger partial charge is 0.257 e. The number of carbonyl (C=O) groups excluding carboxylic acids is 1. The Labute approximate surface area is 120 Å². The number of benzene rings is 1. The molecule has 0 saturated carbocycles. The van der Waals surface area contributed by atoms with Crippen LogP contribution in [0, 0.1) is 6.92 Å². The number of rotatable bonds is 2. The van der Waals surface area contributed by atoms with Gasteiger partial charge in [-0.3, -0.25) is 4.79 Å². The van der Waals surface area contributed by atoms with Gasteiger partial charge in [0.1, 0.15) is 5.82 Å². The number of nitrogens with one attached hydrogen (secondary N) is 1. The lowest BCUT2D eigenvalue weighted by atomic mass is 10.2. The number of aryl methyl sites for hydroxylation is 1. The van der Waals surface area contributed by atoms with E-state index in [-0.39, 0.29) is 12.7 Å². The monoisotopic (exact) mass is 290 g/mol. The molecule has 2 aromatic rings. The van der Waals surface area contributed by atoms with Crippen LogP contribution in [-0.4, -0.2) is 17.7 Å². The van der Waals surface area contributed by atoms with Crippen LogP contribution < -0.4 is 14.8 Å². The van der Waals surface area contributed by atoms with Crippen molar-refractivity contribution in [2.75, 3.05) is 12.1 Å². The topological polar surface area (TPSA) is 60.5 Å². The zero-order valence-electron chi connectivity index (χ0n) is 10.6. The van der Waals surface area contributed by atoms with E-state index in [4.69, 9.17) is 21.1 Å². The van der Waals surface area contributed by atoms with Crippen LogP contribution in [0.5, 0.6) is 11.5 Å². The summed E-state index contributed by atoms with van der Waals surface area (Å²) in [4.78, 5) is 16.3. The third-order valence-electron chi connectivity index (χ3n) is 2.93. The normalized spacial score (nSPS) is 12.3. The molecule has 3 rings (SSSR count). The first kappa shape index (κ1) is 12.7. The van der Waals surface area contributed by atoms with Crippen molar-refractivity contribution < 1.29 is 14.3 Å². The Bertz CT molecular complexity index is 688. The van der Waals surface area contributed by atoms with E-state index in [0.717, 1.165) is 5.56 Å². The summed E-state index contributed by atoms with van der Waals surface area (Å²) in [6.07, 6.45) is 1.62. The minimum atomic E-state index is -0.299. The summed E-state index contributed by atoms with van der Waals surface area (Å²) < 4.78 is 10.4. The van der Waals surface area contributed by atoms with E-state index in [1.165, 1.54) is 0 Å². The maximum Gasteiger partial charge on any atom is 0.257 e. The van der Waals surface area contributed by atoms with Gasteiger partial charge in [-0.15, -0.1) is 0 Å². The van der Waals surface area contributed by atoms with Crippen LogP contribution in [0.25, 0.3) is 0 Å². The summed E-state index contributed by atoms with van der Waals surface area (Å²) in [6.45, 7) is 1.98. The molecule has 1 aliphatic rings. The second kappa shape index (κ2) is 5.02. The number of aromatic nitrogens is 1. The lowest BCUT2D eigenvalue weighted by Crippen LogP contribution is -2.13. The van der Waals surface area contributed by atoms with Crippen LogP contribution in [0.4, 0.5) is 5.82 Å². The van der Waals surface area contributed by atoms with Gasteiger partial charge in [0, 0.05) is 11.8 Å². The van der Waals surface area contributed by atoms with Gasteiger partial charge in [-0.2, -0.15) is 0 Å². The summed E-state index contributed by atoms with van der Waals surface area (Å²) in [7, 11) is 0. The van der Waals surface area contributed by atoms with Crippen molar-refractivity contribution in [2.24, 2.45) is 0 Å². The number of hydrogen-bond donors (Lipinski definition) is 1. The van der Waals surface area contributed by atoms with Crippen LogP contribution in [0.3, 0.4) is 0 Å². The SMILES string of the molecule is Cc1cccnc1NC(=O)c1cc(Cl)c2c(c1)OCO2. The Balaban J connectivity index is 1.88. The Morgan fingerprint density at radius 2 is 2.25 bits per heavy atom. The third kappa shape index (κ3) is 2.28. The average molecular weight is 291 g/mol. The molecule has 102 valence electrons. The maximum atomic E-state index is 12.2. The minimum Gasteiger partial charge on any atom is -0.454 e. The first-order valence-corrected chi connectivity index (χ1v) is 6.35. The molecule has 1 aromatic carbocycles. The van der Waals surface area contributed by atoms with E-state index in [9.17, 15) is 4.79 Å². The lowest BCUT2D eigenvalue weighted by molar-refractivity contribution is 0.102. The molecule has 0 spiro atoms. The van der Waals surface area contributed by atoms with Crippen molar-refractivity contribution >= 4 is 23.3 Å². The first-order valence-electron chi connectivity index (χ1n) is 5.97. The molecule has 0 radical (unpaired) electrons. The van der Waals surface area contributed by atoms with Crippen molar-refractivity contribution in [3.63, 3.8) is 0 Å². The molecule has 0 saturated heterocycles. The fraction of sp³-hybridized carbons (Fsp3) is 0.143. The van der Waals surface area contributed by atoms with Crippen molar-refractivity contribution in [2.45, 2.75) is 6.92 Å². The Hall–Kier alpha value is -2.27. The summed E-state index contributed by atoms with van der Waals surface area (Å²) in [5.74, 6) is 1.16. The summed E-state index contributed by atoms with van der Waals surface area (Å²) in [5.41, 5.74) is 1.27. The van der Waals surface area contributed by atoms with Gasteiger partial charge < -0.3 is 14.8 Å². The highest BCUT2D eigenvalue weighted by Gasteiger charge is 2.21. The van der Waals surface area contributed by atoms with Gasteiger partial charge in [0.2, 0.25) is 6.79 Å². The third-order valence-corrected chi connectivity index (χ3v) is 3.21. The number of anilines is 1. The lowest BCUT2D eigenvalue weighted by Gasteiger charge is -2.08. The highest BCUT2D eigenvalue weighted by atomic mass is 35.5. The van der Waals surface area contributed by atoms with Gasteiger partial charge in [-0.1, -0.05) is 17.7 Å². The van der Waals surface area contributed by atoms with E-state index in [1.807, 2.05) is 19.1 Å². The van der Waals surface area contributed by atoms with Crippen LogP contribution in [-0.2, 0) is 0 Å². The van der Waals surface area contributed by atoms with Crippen molar-refractivity contribution in [1.82, 2.24) is 4.98 Å². The molecule has 5 nitrogen and oxygen atoms in total. The Morgan fingerprint density at radius 1 is 1.40 bits per heavy atom. The number of ether oxygens (including phenoxy) is 2. The number of nitrogens with zero attached hydrogens (tertiary/aromatic N) is 1. The number of fused-ring (bicyclic) bond motifs is 1. The number of pyridine rings is 1. The molecule has 6 heteroatoms. The quantitative estimate of drug-likeness (QED) is 0.923. The van der Waals surface area contributed by atoms with E-state index in [1.54, 1.807) is 18.3 Å². The number of carbonyl (C=O) groups is 1. The predicted molar refractivity (Wildman–Crippen MR) is 74.5 cm³/mol. The van der Waals surface area contributed by atoms with E-state index in [0.29, 0.717) is 27.9 Å². The maximum absolute atomic E-state index is 12.2. The van der Waals surface area contributed by atoms with Gasteiger partial charge in [0.25, 0.3) is 5.91 Å². The van der Waals surface area contributed by atoms with Crippen LogP contribution in [0.1, 0.15) is 15.9 Å². The second-order valence-corrected chi connectivity index (χ2v) is 4.72. The number of hydrogen-bond acceptors (Lipinski definition) is 4. The molecule has 1 amide bonds. The Morgan fingerprint density at radius 3 is 3.05 bits per heavy atom. The molecule has 1 aromatic heterocycles. The molecule has 0 fully saturated rings. The van der Waals surface area contributed by atoms with Crippen LogP contribution >= 0.6 is 11.6 Å². The molecule has 0 aliphatic carbocycles. The van der Waals surface area contributed by atoms with Crippen molar-refractivity contribution in [3.8, 4) is 11.5 Å². The standard InChI is InChI=1S/C14H11ClN2O3/c1-8-3-2-4-16-13(8)17-14(18)9-5-10(15)12-11(6-9)19-7-20-12/h2-6H,7H2,1H3,(H,16,17,18). The summed E-state index contributed by atoms with van der Waals surface area (Å²) >= 11 is 6.05. The van der Waals surface area contributed by atoms with Gasteiger partial charge >= 0.3 is 0 Å². The van der Waals surface area contributed by atoms with E-state index in [2.05, 4.69) is 10.3 Å². The van der Waals surface area contributed by atoms with E-state index < -0.39 is 0 Å². The average Bonchev–Trinajstić information content (AvgIpc) is 2.90. The summed E-state index contributed by atoms with van der Waals surface area (Å²) in [6, 6.07) is 6.82. The number of amides is 1. The first-order chi connectivity index (χ1) is 9.65. The largest absolute Gasteiger partial charge is 0.454 e. The zero-order chi connectivity index (χ0) is 14.1. The predicted octanol–water partition coefficient (Wildman–Crippen LogP) is 3.02.